The van der Waals surface area contributed by atoms with Crippen LogP contribution >= 0.6 is 0 Å². The summed E-state index contributed by atoms with van der Waals surface area (Å²) in [6, 6.07) is 1.16. The summed E-state index contributed by atoms with van der Waals surface area (Å²) in [5.74, 6) is 0.679. The first-order valence-electron chi connectivity index (χ1n) is 5.99. The van der Waals surface area contributed by atoms with Gasteiger partial charge in [-0.25, -0.2) is 0 Å². The lowest BCUT2D eigenvalue weighted by Crippen LogP contribution is -2.45. The molecule has 0 bridgehead atoms. The van der Waals surface area contributed by atoms with Gasteiger partial charge in [-0.3, -0.25) is 0 Å². The van der Waals surface area contributed by atoms with Crippen LogP contribution in [0.2, 0.25) is 0 Å². The number of nitrogens with zero attached hydrogens (tertiary/aromatic N) is 1. The average molecular weight is 212 g/mol. The SMILES string of the molecule is C=CCCC(C)NC(CN(C)C)C(C)C. The number of allylic oxidation sites excluding steroid dienone is 1. The molecular formula is C13H28N2. The van der Waals surface area contributed by atoms with E-state index in [2.05, 4.69) is 51.7 Å². The molecule has 0 radical (unpaired) electrons. The highest BCUT2D eigenvalue weighted by molar-refractivity contribution is 4.78. The second-order valence-electron chi connectivity index (χ2n) is 5.05. The van der Waals surface area contributed by atoms with Crippen molar-refractivity contribution in [3.63, 3.8) is 0 Å². The fraction of sp³-hybridized carbons (Fsp3) is 0.846. The standard InChI is InChI=1S/C13H28N2/c1-7-8-9-12(4)14-13(11(2)3)10-15(5)6/h7,11-14H,1,8-10H2,2-6H3. The highest BCUT2D eigenvalue weighted by Crippen LogP contribution is 2.06. The Morgan fingerprint density at radius 2 is 1.87 bits per heavy atom. The van der Waals surface area contributed by atoms with E-state index in [9.17, 15) is 0 Å². The third-order valence-electron chi connectivity index (χ3n) is 2.67. The molecule has 0 fully saturated rings. The van der Waals surface area contributed by atoms with Gasteiger partial charge in [0.15, 0.2) is 0 Å². The van der Waals surface area contributed by atoms with Crippen LogP contribution in [0.25, 0.3) is 0 Å². The topological polar surface area (TPSA) is 15.3 Å². The fourth-order valence-corrected chi connectivity index (χ4v) is 1.67. The van der Waals surface area contributed by atoms with Gasteiger partial charge in [-0.15, -0.1) is 6.58 Å². The van der Waals surface area contributed by atoms with Crippen LogP contribution < -0.4 is 5.32 Å². The van der Waals surface area contributed by atoms with Gasteiger partial charge in [0.2, 0.25) is 0 Å². The molecule has 15 heavy (non-hydrogen) atoms. The summed E-state index contributed by atoms with van der Waals surface area (Å²) in [5.41, 5.74) is 0. The number of hydrogen-bond donors (Lipinski definition) is 1. The summed E-state index contributed by atoms with van der Waals surface area (Å²) < 4.78 is 0. The molecule has 2 unspecified atom stereocenters. The van der Waals surface area contributed by atoms with Gasteiger partial charge in [-0.05, 0) is 39.8 Å². The van der Waals surface area contributed by atoms with Crippen molar-refractivity contribution in [1.29, 1.82) is 0 Å². The molecule has 2 nitrogen and oxygen atoms in total. The van der Waals surface area contributed by atoms with Gasteiger partial charge in [-0.2, -0.15) is 0 Å². The predicted octanol–water partition coefficient (Wildman–Crippen LogP) is 2.52. The van der Waals surface area contributed by atoms with E-state index in [1.165, 1.54) is 6.42 Å². The van der Waals surface area contributed by atoms with Gasteiger partial charge in [0, 0.05) is 18.6 Å². The molecule has 0 aromatic heterocycles. The van der Waals surface area contributed by atoms with Crippen LogP contribution in [0.3, 0.4) is 0 Å². The third-order valence-corrected chi connectivity index (χ3v) is 2.67. The Balaban J connectivity index is 3.98. The third kappa shape index (κ3) is 7.57. The zero-order valence-corrected chi connectivity index (χ0v) is 11.1. The van der Waals surface area contributed by atoms with E-state index in [1.807, 2.05) is 6.08 Å². The number of hydrogen-bond acceptors (Lipinski definition) is 2. The second-order valence-corrected chi connectivity index (χ2v) is 5.05. The number of rotatable bonds is 8. The minimum Gasteiger partial charge on any atom is -0.310 e. The van der Waals surface area contributed by atoms with Crippen LogP contribution in [0.15, 0.2) is 12.7 Å². The molecule has 0 spiro atoms. The normalized spacial score (nSPS) is 15.7. The van der Waals surface area contributed by atoms with Crippen LogP contribution in [-0.2, 0) is 0 Å². The summed E-state index contributed by atoms with van der Waals surface area (Å²) in [6.07, 6.45) is 4.27. The quantitative estimate of drug-likeness (QED) is 0.622. The van der Waals surface area contributed by atoms with Crippen molar-refractivity contribution in [3.8, 4) is 0 Å². The van der Waals surface area contributed by atoms with Crippen molar-refractivity contribution in [1.82, 2.24) is 10.2 Å². The Bertz CT molecular complexity index is 164. The second kappa shape index (κ2) is 7.89. The molecule has 0 aliphatic heterocycles. The Morgan fingerprint density at radius 1 is 1.27 bits per heavy atom. The van der Waals surface area contributed by atoms with E-state index < -0.39 is 0 Å². The van der Waals surface area contributed by atoms with Gasteiger partial charge < -0.3 is 10.2 Å². The number of likely N-dealkylation sites (N-methyl/N-ethyl adjacent to an activating group) is 1. The van der Waals surface area contributed by atoms with E-state index in [4.69, 9.17) is 0 Å². The van der Waals surface area contributed by atoms with Gasteiger partial charge in [0.25, 0.3) is 0 Å². The van der Waals surface area contributed by atoms with Crippen LogP contribution in [0.5, 0.6) is 0 Å². The highest BCUT2D eigenvalue weighted by atomic mass is 15.1. The molecule has 0 saturated carbocycles. The molecule has 0 heterocycles. The van der Waals surface area contributed by atoms with Crippen LogP contribution in [0, 0.1) is 5.92 Å². The molecule has 0 amide bonds. The van der Waals surface area contributed by atoms with Crippen molar-refractivity contribution in [2.24, 2.45) is 5.92 Å². The van der Waals surface area contributed by atoms with Gasteiger partial charge in [0.1, 0.15) is 0 Å². The van der Waals surface area contributed by atoms with Crippen LogP contribution in [0.1, 0.15) is 33.6 Å². The van der Waals surface area contributed by atoms with Crippen molar-refractivity contribution in [3.05, 3.63) is 12.7 Å². The molecule has 0 aromatic carbocycles. The Labute approximate surface area is 95.7 Å². The van der Waals surface area contributed by atoms with Crippen molar-refractivity contribution < 1.29 is 0 Å². The molecule has 0 aromatic rings. The molecule has 90 valence electrons. The van der Waals surface area contributed by atoms with Crippen molar-refractivity contribution in [2.75, 3.05) is 20.6 Å². The van der Waals surface area contributed by atoms with E-state index in [-0.39, 0.29) is 0 Å². The average Bonchev–Trinajstić information content (AvgIpc) is 2.12. The zero-order valence-electron chi connectivity index (χ0n) is 11.1. The molecule has 0 aliphatic carbocycles. The van der Waals surface area contributed by atoms with Crippen LogP contribution in [0.4, 0.5) is 0 Å². The minimum absolute atomic E-state index is 0.579. The summed E-state index contributed by atoms with van der Waals surface area (Å²) >= 11 is 0. The predicted molar refractivity (Wildman–Crippen MR) is 69.2 cm³/mol. The molecule has 0 saturated heterocycles. The fourth-order valence-electron chi connectivity index (χ4n) is 1.67. The van der Waals surface area contributed by atoms with E-state index in [1.54, 1.807) is 0 Å². The Kier molecular flexibility index (Phi) is 7.71. The molecule has 2 heteroatoms. The summed E-state index contributed by atoms with van der Waals surface area (Å²) in [5, 5.41) is 3.69. The summed E-state index contributed by atoms with van der Waals surface area (Å²) in [7, 11) is 4.26. The maximum absolute atomic E-state index is 3.76. The lowest BCUT2D eigenvalue weighted by Gasteiger charge is -2.28. The first-order chi connectivity index (χ1) is 6.97. The molecular weight excluding hydrogens is 184 g/mol. The van der Waals surface area contributed by atoms with Crippen LogP contribution in [-0.4, -0.2) is 37.6 Å². The van der Waals surface area contributed by atoms with E-state index in [0.717, 1.165) is 13.0 Å². The zero-order chi connectivity index (χ0) is 11.8. The monoisotopic (exact) mass is 212 g/mol. The van der Waals surface area contributed by atoms with Crippen molar-refractivity contribution in [2.45, 2.75) is 45.7 Å². The summed E-state index contributed by atoms with van der Waals surface area (Å²) in [4.78, 5) is 2.25. The number of nitrogens with one attached hydrogen (secondary N) is 1. The maximum atomic E-state index is 3.76. The first-order valence-corrected chi connectivity index (χ1v) is 5.99. The Hall–Kier alpha value is -0.340. The smallest absolute Gasteiger partial charge is 0.0220 e. The maximum Gasteiger partial charge on any atom is 0.0220 e. The molecule has 0 aliphatic rings. The Morgan fingerprint density at radius 3 is 2.27 bits per heavy atom. The molecule has 1 N–H and O–H groups in total. The molecule has 0 rings (SSSR count). The van der Waals surface area contributed by atoms with E-state index >= 15 is 0 Å². The minimum atomic E-state index is 0.579. The lowest BCUT2D eigenvalue weighted by molar-refractivity contribution is 0.269. The largest absolute Gasteiger partial charge is 0.310 e. The highest BCUT2D eigenvalue weighted by Gasteiger charge is 2.15. The van der Waals surface area contributed by atoms with Crippen molar-refractivity contribution >= 4 is 0 Å². The lowest BCUT2D eigenvalue weighted by atomic mass is 10.0. The van der Waals surface area contributed by atoms with Gasteiger partial charge >= 0.3 is 0 Å². The van der Waals surface area contributed by atoms with Gasteiger partial charge in [-0.1, -0.05) is 19.9 Å². The van der Waals surface area contributed by atoms with Gasteiger partial charge in [0.05, 0.1) is 0 Å². The molecule has 2 atom stereocenters. The van der Waals surface area contributed by atoms with E-state index in [0.29, 0.717) is 18.0 Å². The summed E-state index contributed by atoms with van der Waals surface area (Å²) in [6.45, 7) is 11.7. The first kappa shape index (κ1) is 14.7.